The van der Waals surface area contributed by atoms with Gasteiger partial charge in [0.1, 0.15) is 6.33 Å². The molecule has 0 amide bonds. The zero-order valence-electron chi connectivity index (χ0n) is 13.7. The summed E-state index contributed by atoms with van der Waals surface area (Å²) in [6.07, 6.45) is 4.66. The van der Waals surface area contributed by atoms with Crippen LogP contribution in [0.5, 0.6) is 0 Å². The minimum atomic E-state index is -0.0470. The van der Waals surface area contributed by atoms with E-state index in [0.717, 1.165) is 54.9 Å². The largest absolute Gasteiger partial charge is 0.469 e. The Bertz CT molecular complexity index is 776. The van der Waals surface area contributed by atoms with Crippen LogP contribution >= 0.6 is 0 Å². The molecule has 7 heteroatoms. The number of carbonyl (C=O) groups excluding carboxylic acids is 1. The summed E-state index contributed by atoms with van der Waals surface area (Å²) in [5, 5.41) is 12.7. The summed E-state index contributed by atoms with van der Waals surface area (Å²) in [5.74, 6) is 0.0530. The van der Waals surface area contributed by atoms with Crippen LogP contribution in [0, 0.1) is 25.2 Å². The van der Waals surface area contributed by atoms with Crippen LogP contribution in [0.25, 0.3) is 5.65 Å². The SMILES string of the molecule is COC(=O)C1CC12CCN(c1c(C)c(C)nn3cnnc13)CC2. The van der Waals surface area contributed by atoms with E-state index in [9.17, 15) is 4.79 Å². The second-order valence-corrected chi connectivity index (χ2v) is 6.79. The van der Waals surface area contributed by atoms with E-state index in [-0.39, 0.29) is 17.3 Å². The number of piperidine rings is 1. The van der Waals surface area contributed by atoms with E-state index in [1.54, 1.807) is 10.8 Å². The van der Waals surface area contributed by atoms with Crippen LogP contribution in [0.3, 0.4) is 0 Å². The molecule has 3 heterocycles. The summed E-state index contributed by atoms with van der Waals surface area (Å²) in [7, 11) is 1.48. The van der Waals surface area contributed by atoms with E-state index in [4.69, 9.17) is 4.74 Å². The van der Waals surface area contributed by atoms with Crippen molar-refractivity contribution in [2.45, 2.75) is 33.1 Å². The van der Waals surface area contributed by atoms with Crippen LogP contribution in [0.1, 0.15) is 30.5 Å². The summed E-state index contributed by atoms with van der Waals surface area (Å²) in [6.45, 7) is 5.96. The number of hydrogen-bond acceptors (Lipinski definition) is 6. The molecule has 1 aliphatic heterocycles. The summed E-state index contributed by atoms with van der Waals surface area (Å²) in [5.41, 5.74) is 4.25. The van der Waals surface area contributed by atoms with Gasteiger partial charge >= 0.3 is 5.97 Å². The van der Waals surface area contributed by atoms with Crippen molar-refractivity contribution < 1.29 is 9.53 Å². The highest BCUT2D eigenvalue weighted by molar-refractivity contribution is 5.77. The average molecular weight is 315 g/mol. The maximum Gasteiger partial charge on any atom is 0.309 e. The monoisotopic (exact) mass is 315 g/mol. The van der Waals surface area contributed by atoms with Gasteiger partial charge in [-0.25, -0.2) is 0 Å². The number of ether oxygens (including phenoxy) is 1. The van der Waals surface area contributed by atoms with Gasteiger partial charge in [0.25, 0.3) is 0 Å². The van der Waals surface area contributed by atoms with Gasteiger partial charge in [-0.1, -0.05) is 0 Å². The molecule has 1 aliphatic carbocycles. The van der Waals surface area contributed by atoms with E-state index in [0.29, 0.717) is 0 Å². The van der Waals surface area contributed by atoms with Crippen LogP contribution in [0.2, 0.25) is 0 Å². The first kappa shape index (κ1) is 14.4. The van der Waals surface area contributed by atoms with Crippen LogP contribution < -0.4 is 4.90 Å². The number of nitrogens with zero attached hydrogens (tertiary/aromatic N) is 5. The molecule has 0 aromatic carbocycles. The second kappa shape index (κ2) is 4.91. The minimum absolute atomic E-state index is 0.0470. The average Bonchev–Trinajstić information content (AvgIpc) is 3.05. The fourth-order valence-electron chi connectivity index (χ4n) is 3.96. The Morgan fingerprint density at radius 2 is 2.09 bits per heavy atom. The van der Waals surface area contributed by atoms with Gasteiger partial charge in [-0.3, -0.25) is 4.79 Å². The Hall–Kier alpha value is -2.18. The Morgan fingerprint density at radius 3 is 2.78 bits per heavy atom. The fraction of sp³-hybridized carbons (Fsp3) is 0.625. The summed E-state index contributed by atoms with van der Waals surface area (Å²) in [4.78, 5) is 14.1. The topological polar surface area (TPSA) is 72.6 Å². The van der Waals surface area contributed by atoms with Crippen molar-refractivity contribution in [1.82, 2.24) is 19.8 Å². The molecular formula is C16H21N5O2. The standard InChI is InChI=1S/C16H21N5O2/c1-10-11(2)19-21-9-17-18-14(21)13(10)20-6-4-16(5-7-20)8-12(16)15(22)23-3/h9,12H,4-8H2,1-3H3. The predicted octanol–water partition coefficient (Wildman–Crippen LogP) is 1.52. The molecule has 1 saturated carbocycles. The molecule has 0 radical (unpaired) electrons. The predicted molar refractivity (Wildman–Crippen MR) is 84.3 cm³/mol. The van der Waals surface area contributed by atoms with Gasteiger partial charge in [0, 0.05) is 13.1 Å². The Morgan fingerprint density at radius 1 is 1.35 bits per heavy atom. The van der Waals surface area contributed by atoms with Crippen LogP contribution in [0.4, 0.5) is 5.69 Å². The maximum absolute atomic E-state index is 11.8. The normalized spacial score (nSPS) is 22.6. The zero-order chi connectivity index (χ0) is 16.2. The lowest BCUT2D eigenvalue weighted by molar-refractivity contribution is -0.143. The third-order valence-corrected chi connectivity index (χ3v) is 5.65. The first-order chi connectivity index (χ1) is 11.1. The molecule has 1 saturated heterocycles. The molecule has 7 nitrogen and oxygen atoms in total. The molecule has 0 bridgehead atoms. The molecular weight excluding hydrogens is 294 g/mol. The smallest absolute Gasteiger partial charge is 0.309 e. The highest BCUT2D eigenvalue weighted by Crippen LogP contribution is 2.60. The number of aryl methyl sites for hydroxylation is 1. The van der Waals surface area contributed by atoms with Crippen LogP contribution in [-0.4, -0.2) is 46.0 Å². The van der Waals surface area contributed by atoms with Crippen molar-refractivity contribution in [1.29, 1.82) is 0 Å². The molecule has 2 aromatic rings. The van der Waals surface area contributed by atoms with Gasteiger partial charge in [-0.05, 0) is 44.1 Å². The summed E-state index contributed by atoms with van der Waals surface area (Å²) in [6, 6.07) is 0. The second-order valence-electron chi connectivity index (χ2n) is 6.79. The third-order valence-electron chi connectivity index (χ3n) is 5.65. The van der Waals surface area contributed by atoms with Crippen molar-refractivity contribution in [3.63, 3.8) is 0 Å². The number of hydrogen-bond donors (Lipinski definition) is 0. The molecule has 2 fully saturated rings. The van der Waals surface area contributed by atoms with Crippen LogP contribution in [0.15, 0.2) is 6.33 Å². The number of carbonyl (C=O) groups is 1. The molecule has 2 aromatic heterocycles. The summed E-state index contributed by atoms with van der Waals surface area (Å²) < 4.78 is 6.66. The molecule has 1 unspecified atom stereocenters. The van der Waals surface area contributed by atoms with E-state index in [1.807, 2.05) is 6.92 Å². The zero-order valence-corrected chi connectivity index (χ0v) is 13.7. The number of fused-ring (bicyclic) bond motifs is 1. The van der Waals surface area contributed by atoms with Crippen molar-refractivity contribution in [3.05, 3.63) is 17.6 Å². The molecule has 122 valence electrons. The third kappa shape index (κ3) is 2.09. The Balaban J connectivity index is 1.59. The van der Waals surface area contributed by atoms with Crippen molar-refractivity contribution in [3.8, 4) is 0 Å². The molecule has 1 spiro atoms. The van der Waals surface area contributed by atoms with E-state index < -0.39 is 0 Å². The lowest BCUT2D eigenvalue weighted by Crippen LogP contribution is -2.36. The van der Waals surface area contributed by atoms with Gasteiger partial charge in [-0.2, -0.15) is 9.61 Å². The first-order valence-corrected chi connectivity index (χ1v) is 8.06. The molecule has 2 aliphatic rings. The number of anilines is 1. The molecule has 4 rings (SSSR count). The van der Waals surface area contributed by atoms with Gasteiger partial charge in [-0.15, -0.1) is 10.2 Å². The van der Waals surface area contributed by atoms with Gasteiger partial charge in [0.15, 0.2) is 0 Å². The first-order valence-electron chi connectivity index (χ1n) is 8.06. The lowest BCUT2D eigenvalue weighted by Gasteiger charge is -2.35. The highest BCUT2D eigenvalue weighted by atomic mass is 16.5. The molecule has 0 N–H and O–H groups in total. The number of methoxy groups -OCH3 is 1. The van der Waals surface area contributed by atoms with Gasteiger partial charge in [0.2, 0.25) is 5.65 Å². The van der Waals surface area contributed by atoms with Gasteiger partial charge < -0.3 is 9.64 Å². The number of esters is 1. The maximum atomic E-state index is 11.8. The lowest BCUT2D eigenvalue weighted by atomic mass is 9.90. The fourth-order valence-corrected chi connectivity index (χ4v) is 3.96. The van der Waals surface area contributed by atoms with E-state index in [1.165, 1.54) is 7.11 Å². The number of aromatic nitrogens is 4. The van der Waals surface area contributed by atoms with Crippen LogP contribution in [-0.2, 0) is 9.53 Å². The number of rotatable bonds is 2. The van der Waals surface area contributed by atoms with E-state index in [2.05, 4.69) is 27.1 Å². The van der Waals surface area contributed by atoms with Crippen molar-refractivity contribution >= 4 is 17.3 Å². The van der Waals surface area contributed by atoms with Crippen molar-refractivity contribution in [2.75, 3.05) is 25.1 Å². The van der Waals surface area contributed by atoms with Crippen molar-refractivity contribution in [2.24, 2.45) is 11.3 Å². The Kier molecular flexibility index (Phi) is 3.08. The highest BCUT2D eigenvalue weighted by Gasteiger charge is 2.59. The minimum Gasteiger partial charge on any atom is -0.469 e. The summed E-state index contributed by atoms with van der Waals surface area (Å²) >= 11 is 0. The molecule has 23 heavy (non-hydrogen) atoms. The molecule has 1 atom stereocenters. The quantitative estimate of drug-likeness (QED) is 0.782. The van der Waals surface area contributed by atoms with E-state index >= 15 is 0 Å². The van der Waals surface area contributed by atoms with Gasteiger partial charge in [0.05, 0.1) is 24.4 Å². The Labute approximate surface area is 134 Å².